The molecule has 5 N–H and O–H groups in total. The van der Waals surface area contributed by atoms with E-state index in [1.54, 1.807) is 0 Å². The van der Waals surface area contributed by atoms with E-state index in [4.69, 9.17) is 37.6 Å². The molecule has 4 heterocycles. The summed E-state index contributed by atoms with van der Waals surface area (Å²) >= 11 is 0. The molecule has 4 saturated heterocycles. The first kappa shape index (κ1) is 32.5. The van der Waals surface area contributed by atoms with Crippen LogP contribution in [0.25, 0.3) is 0 Å². The maximum atomic E-state index is 8.60. The van der Waals surface area contributed by atoms with Gasteiger partial charge in [-0.2, -0.15) is 14.0 Å². The molecule has 30 heavy (non-hydrogen) atoms. The quantitative estimate of drug-likeness (QED) is 0.242. The van der Waals surface area contributed by atoms with Gasteiger partial charge in [0.2, 0.25) is 0 Å². The summed E-state index contributed by atoms with van der Waals surface area (Å²) in [6.45, 7) is 13.9. The van der Waals surface area contributed by atoms with Gasteiger partial charge in [0.05, 0.1) is 14.9 Å². The predicted octanol–water partition coefficient (Wildman–Crippen LogP) is -5.95. The van der Waals surface area contributed by atoms with Crippen LogP contribution in [0.5, 0.6) is 0 Å². The van der Waals surface area contributed by atoms with E-state index >= 15 is 0 Å². The van der Waals surface area contributed by atoms with Crippen LogP contribution in [0.15, 0.2) is 0 Å². The first-order valence-electron chi connectivity index (χ1n) is 9.47. The Morgan fingerprint density at radius 2 is 0.600 bits per heavy atom. The SMILES string of the molecule is C1C[OH+]CCO1.C1C[OH+]CCO1.C1C[OH+]CCO1.C1C[OH+]CCO1.[Cu+2].[O-][Cl+3]([O-])([O-])O. The molecule has 4 aliphatic heterocycles. The molecule has 0 aromatic heterocycles. The fourth-order valence-electron chi connectivity index (χ4n) is 1.89. The Morgan fingerprint density at radius 1 is 0.467 bits per heavy atom. The zero-order valence-corrected chi connectivity index (χ0v) is 18.8. The molecule has 185 valence electrons. The van der Waals surface area contributed by atoms with Crippen molar-refractivity contribution in [2.45, 2.75) is 0 Å². The fourth-order valence-corrected chi connectivity index (χ4v) is 1.89. The Hall–Kier alpha value is 0.329. The molecule has 0 atom stereocenters. The van der Waals surface area contributed by atoms with Crippen LogP contribution in [0.3, 0.4) is 0 Å². The van der Waals surface area contributed by atoms with Crippen LogP contribution in [-0.4, -0.2) is 129 Å². The topological polar surface area (TPSA) is 178 Å². The molecular formula is C16H37ClCuO12+6. The second kappa shape index (κ2) is 25.6. The van der Waals surface area contributed by atoms with Gasteiger partial charge in [-0.25, -0.2) is 0 Å². The number of hydrogen-bond acceptors (Lipinski definition) is 8. The Kier molecular flexibility index (Phi) is 27.7. The van der Waals surface area contributed by atoms with Crippen LogP contribution >= 0.6 is 0 Å². The van der Waals surface area contributed by atoms with Gasteiger partial charge >= 0.3 is 17.1 Å². The first-order valence-corrected chi connectivity index (χ1v) is 10.7. The molecule has 4 rings (SSSR count). The first-order chi connectivity index (χ1) is 14.0. The monoisotopic (exact) mass is 519 g/mol. The van der Waals surface area contributed by atoms with Gasteiger partial charge in [0.1, 0.15) is 52.9 Å². The maximum Gasteiger partial charge on any atom is 2.00 e. The molecular weight excluding hydrogens is 483 g/mol. The van der Waals surface area contributed by atoms with E-state index < -0.39 is 10.2 Å². The van der Waals surface area contributed by atoms with E-state index in [0.717, 1.165) is 106 Å². The van der Waals surface area contributed by atoms with E-state index in [-0.39, 0.29) is 17.1 Å². The minimum Gasteiger partial charge on any atom is -0.430 e. The summed E-state index contributed by atoms with van der Waals surface area (Å²) in [6.07, 6.45) is 0. The summed E-state index contributed by atoms with van der Waals surface area (Å²) in [5, 5.41) is 0. The van der Waals surface area contributed by atoms with Crippen LogP contribution < -0.4 is 14.0 Å². The maximum absolute atomic E-state index is 8.60. The van der Waals surface area contributed by atoms with Gasteiger partial charge in [-0.05, 0) is 0 Å². The number of hydrogen-bond donors (Lipinski definition) is 1. The molecule has 0 bridgehead atoms. The van der Waals surface area contributed by atoms with Crippen molar-refractivity contribution >= 4 is 0 Å². The predicted molar refractivity (Wildman–Crippen MR) is 93.3 cm³/mol. The average Bonchev–Trinajstić information content (AvgIpc) is 2.79. The van der Waals surface area contributed by atoms with Gasteiger partial charge in [-0.1, -0.05) is 0 Å². The standard InChI is InChI=1S/4C4H8O2.ClHO4.Cu/c4*1-2-6-4-3-5-1;2-1(3,4)5;/h4*1-4H2;(H,2,3,4,5);/q;;;;;+2/p+4. The van der Waals surface area contributed by atoms with Gasteiger partial charge in [0, 0.05) is 0 Å². The largest absolute Gasteiger partial charge is 2.00 e. The molecule has 0 spiro atoms. The Bertz CT molecular complexity index is 209. The Balaban J connectivity index is 0. The van der Waals surface area contributed by atoms with Crippen LogP contribution in [-0.2, 0) is 36.0 Å². The zero-order valence-electron chi connectivity index (χ0n) is 17.1. The molecule has 0 aliphatic carbocycles. The summed E-state index contributed by atoms with van der Waals surface area (Å²) in [5.74, 6) is 0. The van der Waals surface area contributed by atoms with E-state index in [0.29, 0.717) is 0 Å². The smallest absolute Gasteiger partial charge is 0.430 e. The molecule has 14 heteroatoms. The van der Waals surface area contributed by atoms with Gasteiger partial charge in [0.25, 0.3) is 0 Å². The molecule has 0 aromatic rings. The molecule has 0 amide bonds. The third-order valence-corrected chi connectivity index (χ3v) is 3.15. The summed E-state index contributed by atoms with van der Waals surface area (Å²) in [7, 11) is -4.69. The molecule has 1 radical (unpaired) electrons. The molecule has 0 aromatic carbocycles. The normalized spacial score (nSPS) is 21.2. The van der Waals surface area contributed by atoms with Crippen LogP contribution in [0.1, 0.15) is 0 Å². The summed E-state index contributed by atoms with van der Waals surface area (Å²) in [4.78, 5) is 0. The second-order valence-electron chi connectivity index (χ2n) is 5.53. The molecule has 0 unspecified atom stereocenters. The van der Waals surface area contributed by atoms with Crippen molar-refractivity contribution in [3.63, 3.8) is 0 Å². The van der Waals surface area contributed by atoms with E-state index in [9.17, 15) is 0 Å². The van der Waals surface area contributed by atoms with Crippen molar-refractivity contribution < 1.29 is 83.8 Å². The van der Waals surface area contributed by atoms with Crippen molar-refractivity contribution in [3.05, 3.63) is 0 Å². The van der Waals surface area contributed by atoms with Gasteiger partial charge in [0.15, 0.2) is 52.9 Å². The number of rotatable bonds is 0. The summed E-state index contributed by atoms with van der Waals surface area (Å²) in [5.41, 5.74) is 0. The minimum atomic E-state index is -4.69. The van der Waals surface area contributed by atoms with Crippen molar-refractivity contribution in [1.82, 2.24) is 0 Å². The summed E-state index contributed by atoms with van der Waals surface area (Å²) in [6, 6.07) is 0. The molecule has 4 fully saturated rings. The molecule has 4 aliphatic rings. The van der Waals surface area contributed by atoms with Crippen LogP contribution in [0.2, 0.25) is 0 Å². The van der Waals surface area contributed by atoms with Crippen molar-refractivity contribution in [3.8, 4) is 0 Å². The Labute approximate surface area is 189 Å². The summed E-state index contributed by atoms with van der Waals surface area (Å²) < 4.78 is 68.8. The van der Waals surface area contributed by atoms with Crippen molar-refractivity contribution in [1.29, 1.82) is 0 Å². The minimum absolute atomic E-state index is 0. The van der Waals surface area contributed by atoms with Crippen molar-refractivity contribution in [2.24, 2.45) is 0 Å². The number of halogens is 1. The molecule has 0 saturated carbocycles. The van der Waals surface area contributed by atoms with E-state index in [1.165, 1.54) is 0 Å². The average molecular weight is 520 g/mol. The number of ether oxygens (including phenoxy) is 8. The van der Waals surface area contributed by atoms with Crippen molar-refractivity contribution in [2.75, 3.05) is 106 Å². The van der Waals surface area contributed by atoms with E-state index in [1.807, 2.05) is 0 Å². The van der Waals surface area contributed by atoms with Crippen LogP contribution in [0, 0.1) is 10.2 Å². The van der Waals surface area contributed by atoms with Gasteiger partial charge < -0.3 is 37.9 Å². The van der Waals surface area contributed by atoms with Crippen LogP contribution in [0.4, 0.5) is 0 Å². The molecule has 12 nitrogen and oxygen atoms in total. The fraction of sp³-hybridized carbons (Fsp3) is 1.00. The Morgan fingerprint density at radius 3 is 0.633 bits per heavy atom. The van der Waals surface area contributed by atoms with Gasteiger partial charge in [-0.3, -0.25) is 0 Å². The second-order valence-corrected chi connectivity index (χ2v) is 6.32. The van der Waals surface area contributed by atoms with E-state index in [2.05, 4.69) is 18.9 Å². The van der Waals surface area contributed by atoms with Gasteiger partial charge in [-0.15, -0.1) is 0 Å². The number of aliphatic hydroxyl groups is 8. The zero-order chi connectivity index (χ0) is 21.5. The third-order valence-electron chi connectivity index (χ3n) is 3.15. The third kappa shape index (κ3) is 35.7.